The van der Waals surface area contributed by atoms with Gasteiger partial charge < -0.3 is 9.22 Å². The molecular formula is C16H30O2Si. The molecule has 0 heterocycles. The van der Waals surface area contributed by atoms with E-state index in [-0.39, 0.29) is 5.41 Å². The second kappa shape index (κ2) is 4.69. The SMILES string of the molecule is CC(C)(C)[Si](C)(C)OCC12CCC(C=O)(CC1)CC2. The highest BCUT2D eigenvalue weighted by molar-refractivity contribution is 6.74. The number of rotatable bonds is 4. The molecule has 0 aromatic rings. The zero-order valence-corrected chi connectivity index (χ0v) is 14.3. The van der Waals surface area contributed by atoms with E-state index in [0.29, 0.717) is 10.5 Å². The Morgan fingerprint density at radius 2 is 1.53 bits per heavy atom. The molecule has 0 aromatic heterocycles. The zero-order valence-electron chi connectivity index (χ0n) is 13.3. The smallest absolute Gasteiger partial charge is 0.192 e. The lowest BCUT2D eigenvalue weighted by molar-refractivity contribution is -0.126. The van der Waals surface area contributed by atoms with E-state index in [2.05, 4.69) is 33.9 Å². The van der Waals surface area contributed by atoms with E-state index >= 15 is 0 Å². The Labute approximate surface area is 119 Å². The molecule has 0 aromatic carbocycles. The predicted molar refractivity (Wildman–Crippen MR) is 81.8 cm³/mol. The van der Waals surface area contributed by atoms with Crippen LogP contribution in [0.4, 0.5) is 0 Å². The average molecular weight is 282 g/mol. The Morgan fingerprint density at radius 3 is 1.89 bits per heavy atom. The molecule has 0 saturated heterocycles. The van der Waals surface area contributed by atoms with Crippen LogP contribution in [0.1, 0.15) is 59.3 Å². The fourth-order valence-electron chi connectivity index (χ4n) is 3.24. The van der Waals surface area contributed by atoms with Crippen LogP contribution in [-0.2, 0) is 9.22 Å². The molecule has 2 bridgehead atoms. The second-order valence-electron chi connectivity index (χ2n) is 8.53. The Kier molecular flexibility index (Phi) is 3.77. The van der Waals surface area contributed by atoms with Crippen LogP contribution in [0.3, 0.4) is 0 Å². The second-order valence-corrected chi connectivity index (χ2v) is 13.3. The Hall–Kier alpha value is -0.153. The Balaban J connectivity index is 1.97. The van der Waals surface area contributed by atoms with Crippen LogP contribution in [0.25, 0.3) is 0 Å². The van der Waals surface area contributed by atoms with Crippen molar-refractivity contribution in [2.24, 2.45) is 10.8 Å². The molecule has 3 aliphatic rings. The third-order valence-corrected chi connectivity index (χ3v) is 10.7. The molecule has 110 valence electrons. The number of fused-ring (bicyclic) bond motifs is 3. The molecule has 3 rings (SSSR count). The van der Waals surface area contributed by atoms with Gasteiger partial charge in [-0.2, -0.15) is 0 Å². The average Bonchev–Trinajstić information content (AvgIpc) is 2.38. The maximum absolute atomic E-state index is 11.3. The molecule has 0 radical (unpaired) electrons. The number of hydrogen-bond donors (Lipinski definition) is 0. The van der Waals surface area contributed by atoms with Crippen molar-refractivity contribution < 1.29 is 9.22 Å². The van der Waals surface area contributed by atoms with Crippen LogP contribution in [0.15, 0.2) is 0 Å². The highest BCUT2D eigenvalue weighted by Gasteiger charge is 2.49. The number of carbonyl (C=O) groups is 1. The van der Waals surface area contributed by atoms with Crippen molar-refractivity contribution in [2.75, 3.05) is 6.61 Å². The normalized spacial score (nSPS) is 35.4. The summed E-state index contributed by atoms with van der Waals surface area (Å²) in [5, 5.41) is 0.291. The van der Waals surface area contributed by atoms with Crippen LogP contribution >= 0.6 is 0 Å². The molecule has 0 aliphatic heterocycles. The van der Waals surface area contributed by atoms with Crippen LogP contribution < -0.4 is 0 Å². The number of carbonyl (C=O) groups excluding carboxylic acids is 1. The topological polar surface area (TPSA) is 26.3 Å². The standard InChI is InChI=1S/C16H30O2Si/c1-14(2,3)19(4,5)18-13-16-9-6-15(12-17,7-10-16)8-11-16/h12H,6-11,13H2,1-5H3. The van der Waals surface area contributed by atoms with Gasteiger partial charge in [0.25, 0.3) is 0 Å². The molecule has 0 spiro atoms. The summed E-state index contributed by atoms with van der Waals surface area (Å²) in [6.45, 7) is 12.5. The molecule has 3 saturated carbocycles. The molecule has 0 amide bonds. The Morgan fingerprint density at radius 1 is 1.05 bits per heavy atom. The summed E-state index contributed by atoms with van der Waals surface area (Å²) >= 11 is 0. The van der Waals surface area contributed by atoms with Crippen molar-refractivity contribution in [3.8, 4) is 0 Å². The summed E-state index contributed by atoms with van der Waals surface area (Å²) in [6, 6.07) is 0. The third kappa shape index (κ3) is 2.82. The minimum absolute atomic E-state index is 0.0404. The Bertz CT molecular complexity index is 330. The molecule has 3 heteroatoms. The zero-order chi connectivity index (χ0) is 14.4. The van der Waals surface area contributed by atoms with Crippen LogP contribution in [0.2, 0.25) is 18.1 Å². The first-order valence-corrected chi connectivity index (χ1v) is 10.7. The van der Waals surface area contributed by atoms with E-state index in [9.17, 15) is 4.79 Å². The number of hydrogen-bond acceptors (Lipinski definition) is 2. The van der Waals surface area contributed by atoms with Gasteiger partial charge in [0, 0.05) is 12.0 Å². The maximum atomic E-state index is 11.3. The minimum atomic E-state index is -1.63. The monoisotopic (exact) mass is 282 g/mol. The van der Waals surface area contributed by atoms with E-state index in [1.807, 2.05) is 0 Å². The molecule has 3 fully saturated rings. The molecular weight excluding hydrogens is 252 g/mol. The summed E-state index contributed by atoms with van der Waals surface area (Å²) in [5.74, 6) is 0. The highest BCUT2D eigenvalue weighted by atomic mass is 28.4. The minimum Gasteiger partial charge on any atom is -0.416 e. The van der Waals surface area contributed by atoms with Crippen LogP contribution in [0.5, 0.6) is 0 Å². The summed E-state index contributed by atoms with van der Waals surface area (Å²) in [4.78, 5) is 11.3. The van der Waals surface area contributed by atoms with Gasteiger partial charge in [0.05, 0.1) is 0 Å². The largest absolute Gasteiger partial charge is 0.416 e. The molecule has 0 unspecified atom stereocenters. The van der Waals surface area contributed by atoms with Crippen molar-refractivity contribution >= 4 is 14.6 Å². The van der Waals surface area contributed by atoms with E-state index < -0.39 is 8.32 Å². The van der Waals surface area contributed by atoms with Crippen LogP contribution in [-0.4, -0.2) is 21.2 Å². The summed E-state index contributed by atoms with van der Waals surface area (Å²) in [6.07, 6.45) is 8.11. The van der Waals surface area contributed by atoms with Gasteiger partial charge >= 0.3 is 0 Å². The van der Waals surface area contributed by atoms with Gasteiger partial charge in [-0.05, 0) is 62.1 Å². The van der Waals surface area contributed by atoms with E-state index in [1.54, 1.807) is 0 Å². The number of aldehydes is 1. The van der Waals surface area contributed by atoms with E-state index in [1.165, 1.54) is 25.5 Å². The quantitative estimate of drug-likeness (QED) is 0.558. The molecule has 0 atom stereocenters. The fraction of sp³-hybridized carbons (Fsp3) is 0.938. The van der Waals surface area contributed by atoms with Crippen molar-refractivity contribution in [3.63, 3.8) is 0 Å². The summed E-state index contributed by atoms with van der Waals surface area (Å²) in [5.41, 5.74) is 0.430. The third-order valence-electron chi connectivity index (χ3n) is 6.26. The fourth-order valence-corrected chi connectivity index (χ4v) is 4.34. The van der Waals surface area contributed by atoms with Gasteiger partial charge in [-0.1, -0.05) is 20.8 Å². The van der Waals surface area contributed by atoms with Crippen LogP contribution in [0, 0.1) is 10.8 Å². The van der Waals surface area contributed by atoms with Gasteiger partial charge in [-0.15, -0.1) is 0 Å². The van der Waals surface area contributed by atoms with Gasteiger partial charge in [-0.25, -0.2) is 0 Å². The summed E-state index contributed by atoms with van der Waals surface area (Å²) < 4.78 is 6.47. The van der Waals surface area contributed by atoms with Crippen molar-refractivity contribution in [1.29, 1.82) is 0 Å². The lowest BCUT2D eigenvalue weighted by Gasteiger charge is -2.52. The highest BCUT2D eigenvalue weighted by Crippen LogP contribution is 2.56. The first-order valence-electron chi connectivity index (χ1n) is 7.74. The molecule has 2 nitrogen and oxygen atoms in total. The van der Waals surface area contributed by atoms with Gasteiger partial charge in [0.15, 0.2) is 8.32 Å². The van der Waals surface area contributed by atoms with E-state index in [0.717, 1.165) is 25.9 Å². The molecule has 0 N–H and O–H groups in total. The van der Waals surface area contributed by atoms with E-state index in [4.69, 9.17) is 4.43 Å². The summed E-state index contributed by atoms with van der Waals surface area (Å²) in [7, 11) is -1.63. The first kappa shape index (κ1) is 15.2. The predicted octanol–water partition coefficient (Wildman–Crippen LogP) is 4.55. The molecule has 19 heavy (non-hydrogen) atoms. The van der Waals surface area contributed by atoms with Crippen molar-refractivity contribution in [1.82, 2.24) is 0 Å². The maximum Gasteiger partial charge on any atom is 0.192 e. The van der Waals surface area contributed by atoms with Gasteiger partial charge in [0.2, 0.25) is 0 Å². The van der Waals surface area contributed by atoms with Gasteiger partial charge in [-0.3, -0.25) is 0 Å². The van der Waals surface area contributed by atoms with Gasteiger partial charge in [0.1, 0.15) is 6.29 Å². The first-order chi connectivity index (χ1) is 8.64. The lowest BCUT2D eigenvalue weighted by atomic mass is 9.54. The van der Waals surface area contributed by atoms with Crippen molar-refractivity contribution in [3.05, 3.63) is 0 Å². The lowest BCUT2D eigenvalue weighted by Crippen LogP contribution is -2.48. The van der Waals surface area contributed by atoms with Crippen molar-refractivity contribution in [2.45, 2.75) is 77.4 Å². The molecule has 3 aliphatic carbocycles.